The zero-order valence-electron chi connectivity index (χ0n) is 10.3. The number of carbonyl (C=O) groups is 1. The van der Waals surface area contributed by atoms with Crippen LogP contribution in [0.4, 0.5) is 0 Å². The fraction of sp³-hybridized carbons (Fsp3) is 0.500. The van der Waals surface area contributed by atoms with E-state index in [9.17, 15) is 4.79 Å². The Morgan fingerprint density at radius 2 is 2.47 bits per heavy atom. The predicted octanol–water partition coefficient (Wildman–Crippen LogP) is 1.28. The Hall–Kier alpha value is -1.62. The van der Waals surface area contributed by atoms with Gasteiger partial charge in [-0.1, -0.05) is 6.08 Å². The summed E-state index contributed by atoms with van der Waals surface area (Å²) >= 11 is 0. The summed E-state index contributed by atoms with van der Waals surface area (Å²) in [4.78, 5) is 15.9. The largest absolute Gasteiger partial charge is 0.465 e. The van der Waals surface area contributed by atoms with Gasteiger partial charge in [0.05, 0.1) is 24.8 Å². The summed E-state index contributed by atoms with van der Waals surface area (Å²) in [7, 11) is 0. The molecule has 1 heterocycles. The van der Waals surface area contributed by atoms with Crippen molar-refractivity contribution in [1.82, 2.24) is 14.9 Å². The lowest BCUT2D eigenvalue weighted by Crippen LogP contribution is -2.32. The van der Waals surface area contributed by atoms with E-state index in [1.54, 1.807) is 25.5 Å². The van der Waals surface area contributed by atoms with Gasteiger partial charge in [-0.05, 0) is 13.8 Å². The highest BCUT2D eigenvalue weighted by Crippen LogP contribution is 2.14. The van der Waals surface area contributed by atoms with E-state index < -0.39 is 6.04 Å². The Bertz CT molecular complexity index is 374. The Morgan fingerprint density at radius 3 is 3.06 bits per heavy atom. The molecule has 5 heteroatoms. The molecule has 1 N–H and O–H groups in total. The van der Waals surface area contributed by atoms with Crippen LogP contribution in [0.3, 0.4) is 0 Å². The van der Waals surface area contributed by atoms with Crippen molar-refractivity contribution >= 4 is 5.97 Å². The Balaban J connectivity index is 2.88. The molecule has 1 atom stereocenters. The van der Waals surface area contributed by atoms with Crippen LogP contribution >= 0.6 is 0 Å². The van der Waals surface area contributed by atoms with Crippen LogP contribution in [0, 0.1) is 0 Å². The number of imidazole rings is 1. The summed E-state index contributed by atoms with van der Waals surface area (Å²) in [5.74, 6) is -0.287. The van der Waals surface area contributed by atoms with Crippen LogP contribution in [-0.4, -0.2) is 28.7 Å². The zero-order chi connectivity index (χ0) is 12.7. The average molecular weight is 237 g/mol. The quantitative estimate of drug-likeness (QED) is 0.573. The van der Waals surface area contributed by atoms with E-state index in [4.69, 9.17) is 4.74 Å². The van der Waals surface area contributed by atoms with E-state index in [1.165, 1.54) is 0 Å². The minimum atomic E-state index is -0.490. The molecule has 0 aliphatic rings. The molecule has 0 radical (unpaired) electrons. The van der Waals surface area contributed by atoms with Crippen molar-refractivity contribution < 1.29 is 9.53 Å². The molecule has 0 amide bonds. The van der Waals surface area contributed by atoms with Crippen molar-refractivity contribution in [3.05, 3.63) is 30.9 Å². The topological polar surface area (TPSA) is 56.1 Å². The van der Waals surface area contributed by atoms with E-state index in [-0.39, 0.29) is 5.97 Å². The van der Waals surface area contributed by atoms with Gasteiger partial charge in [-0.2, -0.15) is 0 Å². The lowest BCUT2D eigenvalue weighted by molar-refractivity contribution is -0.146. The zero-order valence-corrected chi connectivity index (χ0v) is 10.3. The lowest BCUT2D eigenvalue weighted by atomic mass is 10.2. The van der Waals surface area contributed by atoms with Crippen LogP contribution in [0.5, 0.6) is 0 Å². The van der Waals surface area contributed by atoms with E-state index in [0.29, 0.717) is 13.2 Å². The van der Waals surface area contributed by atoms with E-state index in [0.717, 1.165) is 12.2 Å². The van der Waals surface area contributed by atoms with Gasteiger partial charge in [0.15, 0.2) is 0 Å². The Kier molecular flexibility index (Phi) is 5.42. The number of aromatic nitrogens is 2. The molecule has 1 aromatic rings. The van der Waals surface area contributed by atoms with Crippen LogP contribution in [0.1, 0.15) is 25.6 Å². The maximum Gasteiger partial charge on any atom is 0.329 e. The first kappa shape index (κ1) is 13.4. The predicted molar refractivity (Wildman–Crippen MR) is 65.5 cm³/mol. The van der Waals surface area contributed by atoms with Crippen LogP contribution in [0.15, 0.2) is 25.2 Å². The standard InChI is InChI=1S/C12H19N3O2/c1-4-7-14-11(12(16)17-6-3)10-8-13-9-15(10)5-2/h4,8-9,11,14H,1,5-7H2,2-3H3. The van der Waals surface area contributed by atoms with Crippen molar-refractivity contribution in [2.24, 2.45) is 0 Å². The highest BCUT2D eigenvalue weighted by molar-refractivity contribution is 5.77. The number of hydrogen-bond acceptors (Lipinski definition) is 4. The molecule has 5 nitrogen and oxygen atoms in total. The monoisotopic (exact) mass is 237 g/mol. The maximum atomic E-state index is 11.9. The number of nitrogens with zero attached hydrogens (tertiary/aromatic N) is 2. The second kappa shape index (κ2) is 6.85. The molecule has 0 bridgehead atoms. The molecule has 94 valence electrons. The van der Waals surface area contributed by atoms with Gasteiger partial charge in [0.2, 0.25) is 0 Å². The summed E-state index contributed by atoms with van der Waals surface area (Å²) < 4.78 is 6.96. The summed E-state index contributed by atoms with van der Waals surface area (Å²) in [6.07, 6.45) is 5.09. The number of hydrogen-bond donors (Lipinski definition) is 1. The first-order chi connectivity index (χ1) is 8.24. The van der Waals surface area contributed by atoms with E-state index >= 15 is 0 Å². The third-order valence-corrected chi connectivity index (χ3v) is 2.37. The normalized spacial score (nSPS) is 12.1. The number of nitrogens with one attached hydrogen (secondary N) is 1. The third kappa shape index (κ3) is 3.42. The SMILES string of the molecule is C=CCNC(C(=O)OCC)c1cncn1CC. The van der Waals surface area contributed by atoms with Gasteiger partial charge in [-0.15, -0.1) is 6.58 Å². The number of ether oxygens (including phenoxy) is 1. The van der Waals surface area contributed by atoms with E-state index in [1.807, 2.05) is 11.5 Å². The summed E-state index contributed by atoms with van der Waals surface area (Å²) in [6.45, 7) is 9.09. The van der Waals surface area contributed by atoms with Gasteiger partial charge in [-0.3, -0.25) is 5.32 Å². The summed E-state index contributed by atoms with van der Waals surface area (Å²) in [6, 6.07) is -0.490. The van der Waals surface area contributed by atoms with Crippen molar-refractivity contribution in [2.45, 2.75) is 26.4 Å². The van der Waals surface area contributed by atoms with Crippen LogP contribution in [0.2, 0.25) is 0 Å². The molecule has 1 aromatic heterocycles. The van der Waals surface area contributed by atoms with Crippen LogP contribution < -0.4 is 5.32 Å². The number of carbonyl (C=O) groups excluding carboxylic acids is 1. The van der Waals surface area contributed by atoms with E-state index in [2.05, 4.69) is 16.9 Å². The minimum Gasteiger partial charge on any atom is -0.465 e. The van der Waals surface area contributed by atoms with Gasteiger partial charge < -0.3 is 9.30 Å². The fourth-order valence-corrected chi connectivity index (χ4v) is 1.57. The number of esters is 1. The second-order valence-corrected chi connectivity index (χ2v) is 3.49. The molecule has 0 saturated carbocycles. The van der Waals surface area contributed by atoms with Crippen molar-refractivity contribution in [3.63, 3.8) is 0 Å². The molecule has 0 saturated heterocycles. The molecule has 0 fully saturated rings. The van der Waals surface area contributed by atoms with Crippen LogP contribution in [-0.2, 0) is 16.1 Å². The summed E-state index contributed by atoms with van der Waals surface area (Å²) in [5, 5.41) is 3.08. The summed E-state index contributed by atoms with van der Waals surface area (Å²) in [5.41, 5.74) is 0.813. The van der Waals surface area contributed by atoms with Crippen molar-refractivity contribution in [1.29, 1.82) is 0 Å². The van der Waals surface area contributed by atoms with Gasteiger partial charge in [0.1, 0.15) is 6.04 Å². The van der Waals surface area contributed by atoms with Gasteiger partial charge in [0.25, 0.3) is 0 Å². The van der Waals surface area contributed by atoms with Crippen LogP contribution in [0.25, 0.3) is 0 Å². The molecule has 17 heavy (non-hydrogen) atoms. The van der Waals surface area contributed by atoms with Gasteiger partial charge >= 0.3 is 5.97 Å². The van der Waals surface area contributed by atoms with Crippen molar-refractivity contribution in [2.75, 3.05) is 13.2 Å². The fourth-order valence-electron chi connectivity index (χ4n) is 1.57. The van der Waals surface area contributed by atoms with Crippen molar-refractivity contribution in [3.8, 4) is 0 Å². The number of aryl methyl sites for hydroxylation is 1. The smallest absolute Gasteiger partial charge is 0.329 e. The molecule has 0 aliphatic heterocycles. The molecule has 1 unspecified atom stereocenters. The van der Waals surface area contributed by atoms with Gasteiger partial charge in [-0.25, -0.2) is 9.78 Å². The number of rotatable bonds is 7. The molecule has 0 spiro atoms. The minimum absolute atomic E-state index is 0.287. The third-order valence-electron chi connectivity index (χ3n) is 2.37. The first-order valence-electron chi connectivity index (χ1n) is 5.75. The average Bonchev–Trinajstić information content (AvgIpc) is 2.78. The molecule has 1 rings (SSSR count). The lowest BCUT2D eigenvalue weighted by Gasteiger charge is -2.17. The maximum absolute atomic E-state index is 11.9. The first-order valence-corrected chi connectivity index (χ1v) is 5.75. The molecular weight excluding hydrogens is 218 g/mol. The Labute approximate surface area is 101 Å². The Morgan fingerprint density at radius 1 is 1.71 bits per heavy atom. The molecular formula is C12H19N3O2. The highest BCUT2D eigenvalue weighted by atomic mass is 16.5. The highest BCUT2D eigenvalue weighted by Gasteiger charge is 2.23. The second-order valence-electron chi connectivity index (χ2n) is 3.49. The molecule has 0 aliphatic carbocycles. The molecule has 0 aromatic carbocycles. The van der Waals surface area contributed by atoms with Gasteiger partial charge in [0, 0.05) is 13.1 Å².